The number of sulfonamides is 1. The van der Waals surface area contributed by atoms with Crippen LogP contribution in [0.2, 0.25) is 0 Å². The zero-order valence-electron chi connectivity index (χ0n) is 12.7. The summed E-state index contributed by atoms with van der Waals surface area (Å²) in [5.41, 5.74) is 0. The largest absolute Gasteiger partial charge is 0.354 e. The topological polar surface area (TPSA) is 75.2 Å². The van der Waals surface area contributed by atoms with Crippen LogP contribution in [-0.4, -0.2) is 42.3 Å². The fraction of sp³-hybridized carbons (Fsp3) is 0.429. The van der Waals surface area contributed by atoms with Crippen molar-refractivity contribution in [2.24, 2.45) is 0 Å². The van der Waals surface area contributed by atoms with Gasteiger partial charge < -0.3 is 5.32 Å². The van der Waals surface area contributed by atoms with Gasteiger partial charge in [0.1, 0.15) is 4.21 Å². The maximum absolute atomic E-state index is 12.4. The van der Waals surface area contributed by atoms with E-state index in [1.807, 2.05) is 19.9 Å². The molecule has 2 rings (SSSR count). The number of aromatic nitrogens is 2. The van der Waals surface area contributed by atoms with Crippen LogP contribution >= 0.6 is 11.3 Å². The number of anilines is 1. The van der Waals surface area contributed by atoms with Crippen LogP contribution in [0.15, 0.2) is 34.8 Å². The quantitative estimate of drug-likeness (QED) is 0.797. The van der Waals surface area contributed by atoms with Crippen molar-refractivity contribution in [2.75, 3.05) is 25.0 Å². The SMILES string of the molecule is CCN(CC)S(=O)(=O)c1ccc(CCNc2ncccn2)s1. The van der Waals surface area contributed by atoms with E-state index in [9.17, 15) is 8.42 Å². The third-order valence-corrected chi connectivity index (χ3v) is 6.82. The van der Waals surface area contributed by atoms with Gasteiger partial charge in [-0.05, 0) is 24.6 Å². The van der Waals surface area contributed by atoms with Gasteiger partial charge in [0, 0.05) is 36.9 Å². The summed E-state index contributed by atoms with van der Waals surface area (Å²) in [6, 6.07) is 5.32. The van der Waals surface area contributed by atoms with Crippen LogP contribution in [0.1, 0.15) is 18.7 Å². The molecular formula is C14H20N4O2S2. The maximum Gasteiger partial charge on any atom is 0.252 e. The van der Waals surface area contributed by atoms with E-state index in [1.165, 1.54) is 15.6 Å². The molecule has 0 aliphatic carbocycles. The highest BCUT2D eigenvalue weighted by atomic mass is 32.2. The molecule has 0 atom stereocenters. The van der Waals surface area contributed by atoms with Gasteiger partial charge in [-0.25, -0.2) is 18.4 Å². The Balaban J connectivity index is 1.97. The Morgan fingerprint density at radius 1 is 1.18 bits per heavy atom. The lowest BCUT2D eigenvalue weighted by atomic mass is 10.3. The highest BCUT2D eigenvalue weighted by molar-refractivity contribution is 7.91. The Morgan fingerprint density at radius 3 is 2.50 bits per heavy atom. The van der Waals surface area contributed by atoms with Gasteiger partial charge in [0.25, 0.3) is 10.0 Å². The Hall–Kier alpha value is -1.51. The predicted molar refractivity (Wildman–Crippen MR) is 88.7 cm³/mol. The van der Waals surface area contributed by atoms with Crippen molar-refractivity contribution < 1.29 is 8.42 Å². The lowest BCUT2D eigenvalue weighted by molar-refractivity contribution is 0.447. The Bertz CT molecular complexity index is 682. The van der Waals surface area contributed by atoms with Gasteiger partial charge >= 0.3 is 0 Å². The van der Waals surface area contributed by atoms with Crippen molar-refractivity contribution in [1.82, 2.24) is 14.3 Å². The van der Waals surface area contributed by atoms with Crippen LogP contribution in [0.25, 0.3) is 0 Å². The molecular weight excluding hydrogens is 320 g/mol. The molecule has 0 bridgehead atoms. The van der Waals surface area contributed by atoms with Gasteiger partial charge in [-0.3, -0.25) is 0 Å². The first-order valence-electron chi connectivity index (χ1n) is 7.17. The lowest BCUT2D eigenvalue weighted by Gasteiger charge is -2.16. The monoisotopic (exact) mass is 340 g/mol. The second-order valence-corrected chi connectivity index (χ2v) is 7.89. The van der Waals surface area contributed by atoms with E-state index in [-0.39, 0.29) is 0 Å². The Labute approximate surface area is 135 Å². The normalized spacial score (nSPS) is 11.8. The van der Waals surface area contributed by atoms with Gasteiger partial charge in [0.15, 0.2) is 0 Å². The highest BCUT2D eigenvalue weighted by Gasteiger charge is 2.23. The minimum absolute atomic E-state index is 0.405. The average molecular weight is 340 g/mol. The van der Waals surface area contributed by atoms with Gasteiger partial charge in [0.2, 0.25) is 5.95 Å². The van der Waals surface area contributed by atoms with Crippen molar-refractivity contribution in [3.63, 3.8) is 0 Å². The van der Waals surface area contributed by atoms with Crippen molar-refractivity contribution in [3.05, 3.63) is 35.5 Å². The fourth-order valence-corrected chi connectivity index (χ4v) is 4.98. The van der Waals surface area contributed by atoms with E-state index in [2.05, 4.69) is 15.3 Å². The fourth-order valence-electron chi connectivity index (χ4n) is 2.01. The van der Waals surface area contributed by atoms with Crippen molar-refractivity contribution in [1.29, 1.82) is 0 Å². The van der Waals surface area contributed by atoms with Crippen LogP contribution in [0.4, 0.5) is 5.95 Å². The number of nitrogens with zero attached hydrogens (tertiary/aromatic N) is 3. The molecule has 2 aromatic rings. The summed E-state index contributed by atoms with van der Waals surface area (Å²) in [6.07, 6.45) is 4.08. The third kappa shape index (κ3) is 4.02. The standard InChI is InChI=1S/C14H20N4O2S2/c1-3-18(4-2)22(19,20)13-7-6-12(21-13)8-11-17-14-15-9-5-10-16-14/h5-7,9-10H,3-4,8,11H2,1-2H3,(H,15,16,17). The molecule has 2 heterocycles. The van der Waals surface area contributed by atoms with Crippen LogP contribution in [0.5, 0.6) is 0 Å². The molecule has 0 radical (unpaired) electrons. The van der Waals surface area contributed by atoms with E-state index in [0.29, 0.717) is 29.8 Å². The number of hydrogen-bond donors (Lipinski definition) is 1. The first-order chi connectivity index (χ1) is 10.6. The van der Waals surface area contributed by atoms with Gasteiger partial charge in [-0.15, -0.1) is 11.3 Å². The Kier molecular flexibility index (Phi) is 5.87. The van der Waals surface area contributed by atoms with Gasteiger partial charge in [-0.2, -0.15) is 4.31 Å². The number of nitrogens with one attached hydrogen (secondary N) is 1. The zero-order chi connectivity index (χ0) is 16.0. The summed E-state index contributed by atoms with van der Waals surface area (Å²) in [4.78, 5) is 9.18. The summed E-state index contributed by atoms with van der Waals surface area (Å²) >= 11 is 1.32. The van der Waals surface area contributed by atoms with Gasteiger partial charge in [-0.1, -0.05) is 13.8 Å². The number of rotatable bonds is 8. The van der Waals surface area contributed by atoms with Crippen molar-refractivity contribution >= 4 is 27.3 Å². The molecule has 8 heteroatoms. The van der Waals surface area contributed by atoms with Crippen LogP contribution < -0.4 is 5.32 Å². The lowest BCUT2D eigenvalue weighted by Crippen LogP contribution is -2.29. The van der Waals surface area contributed by atoms with Crippen molar-refractivity contribution in [2.45, 2.75) is 24.5 Å². The molecule has 0 saturated carbocycles. The third-order valence-electron chi connectivity index (χ3n) is 3.16. The maximum atomic E-state index is 12.4. The molecule has 0 saturated heterocycles. The van der Waals surface area contributed by atoms with E-state index in [0.717, 1.165) is 11.3 Å². The summed E-state index contributed by atoms with van der Waals surface area (Å²) < 4.78 is 26.7. The van der Waals surface area contributed by atoms with Crippen molar-refractivity contribution in [3.8, 4) is 0 Å². The van der Waals surface area contributed by atoms with E-state index in [4.69, 9.17) is 0 Å². The molecule has 120 valence electrons. The zero-order valence-corrected chi connectivity index (χ0v) is 14.3. The van der Waals surface area contributed by atoms with E-state index < -0.39 is 10.0 Å². The molecule has 6 nitrogen and oxygen atoms in total. The summed E-state index contributed by atoms with van der Waals surface area (Å²) in [7, 11) is -3.35. The van der Waals surface area contributed by atoms with Crippen LogP contribution in [-0.2, 0) is 16.4 Å². The van der Waals surface area contributed by atoms with E-state index in [1.54, 1.807) is 24.5 Å². The second-order valence-electron chi connectivity index (χ2n) is 4.56. The molecule has 0 amide bonds. The van der Waals surface area contributed by atoms with Crippen LogP contribution in [0.3, 0.4) is 0 Å². The first kappa shape index (κ1) is 16.9. The second kappa shape index (κ2) is 7.66. The molecule has 0 aliphatic rings. The number of thiophene rings is 1. The molecule has 0 unspecified atom stereocenters. The molecule has 0 spiro atoms. The molecule has 0 aliphatic heterocycles. The molecule has 0 fully saturated rings. The minimum Gasteiger partial charge on any atom is -0.354 e. The Morgan fingerprint density at radius 2 is 1.86 bits per heavy atom. The van der Waals surface area contributed by atoms with E-state index >= 15 is 0 Å². The van der Waals surface area contributed by atoms with Crippen LogP contribution in [0, 0.1) is 0 Å². The minimum atomic E-state index is -3.35. The first-order valence-corrected chi connectivity index (χ1v) is 9.43. The molecule has 0 aromatic carbocycles. The predicted octanol–water partition coefficient (Wildman–Crippen LogP) is 2.22. The average Bonchev–Trinajstić information content (AvgIpc) is 2.99. The summed E-state index contributed by atoms with van der Waals surface area (Å²) in [6.45, 7) is 5.33. The molecule has 2 aromatic heterocycles. The number of hydrogen-bond acceptors (Lipinski definition) is 6. The highest BCUT2D eigenvalue weighted by Crippen LogP contribution is 2.25. The molecule has 22 heavy (non-hydrogen) atoms. The summed E-state index contributed by atoms with van der Waals surface area (Å²) in [5.74, 6) is 0.579. The molecule has 1 N–H and O–H groups in total. The smallest absolute Gasteiger partial charge is 0.252 e. The summed E-state index contributed by atoms with van der Waals surface area (Å²) in [5, 5.41) is 3.11. The van der Waals surface area contributed by atoms with Gasteiger partial charge in [0.05, 0.1) is 0 Å².